The van der Waals surface area contributed by atoms with Crippen LogP contribution < -0.4 is 14.2 Å². The van der Waals surface area contributed by atoms with Crippen molar-refractivity contribution >= 4 is 39.0 Å². The van der Waals surface area contributed by atoms with Crippen molar-refractivity contribution in [1.29, 1.82) is 0 Å². The molecular formula is C22H24Cl2N4O4S. The molecule has 0 saturated carbocycles. The Hall–Kier alpha value is -2.59. The number of sulfonamides is 1. The molecule has 1 heterocycles. The first-order valence-corrected chi connectivity index (χ1v) is 12.2. The molecule has 0 radical (unpaired) electrons. The molecule has 11 heteroatoms. The van der Waals surface area contributed by atoms with Crippen LogP contribution in [-0.4, -0.2) is 50.5 Å². The Bertz CT molecular complexity index is 1220. The smallest absolute Gasteiger partial charge is 0.263 e. The first kappa shape index (κ1) is 25.0. The second kappa shape index (κ2) is 11.0. The topological polar surface area (TPSA) is 93.7 Å². The summed E-state index contributed by atoms with van der Waals surface area (Å²) in [5.74, 6) is 0.730. The fraction of sp³-hybridized carbons (Fsp3) is 0.273. The van der Waals surface area contributed by atoms with Crippen LogP contribution in [0.5, 0.6) is 11.5 Å². The normalized spacial score (nSPS) is 11.5. The average molecular weight is 511 g/mol. The van der Waals surface area contributed by atoms with Gasteiger partial charge in [-0.2, -0.15) is 0 Å². The Labute approximate surface area is 203 Å². The monoisotopic (exact) mass is 510 g/mol. The number of nitrogens with one attached hydrogen (secondary N) is 1. The number of anilines is 1. The maximum atomic E-state index is 12.9. The third-order valence-electron chi connectivity index (χ3n) is 4.60. The number of aromatic nitrogens is 2. The second-order valence-electron chi connectivity index (χ2n) is 7.41. The van der Waals surface area contributed by atoms with Crippen LogP contribution in [0.2, 0.25) is 10.0 Å². The summed E-state index contributed by atoms with van der Waals surface area (Å²) in [7, 11) is -0.0377. The molecule has 3 rings (SSSR count). The molecule has 0 aliphatic heterocycles. The van der Waals surface area contributed by atoms with Gasteiger partial charge in [-0.1, -0.05) is 35.3 Å². The lowest BCUT2D eigenvalue weighted by atomic mass is 10.2. The van der Waals surface area contributed by atoms with E-state index in [0.717, 1.165) is 12.1 Å². The Balaban J connectivity index is 1.75. The lowest BCUT2D eigenvalue weighted by molar-refractivity contribution is 0.260. The van der Waals surface area contributed by atoms with Gasteiger partial charge in [-0.05, 0) is 56.4 Å². The Morgan fingerprint density at radius 3 is 2.61 bits per heavy atom. The molecule has 0 aliphatic carbocycles. The summed E-state index contributed by atoms with van der Waals surface area (Å²) in [5, 5.41) is 0.842. The van der Waals surface area contributed by atoms with Crippen LogP contribution >= 0.6 is 23.2 Å². The molecule has 3 aromatic rings. The molecule has 0 aliphatic rings. The summed E-state index contributed by atoms with van der Waals surface area (Å²) in [6, 6.07) is 9.96. The number of hydrogen-bond donors (Lipinski definition) is 1. The molecular weight excluding hydrogens is 487 g/mol. The van der Waals surface area contributed by atoms with Crippen molar-refractivity contribution < 1.29 is 17.9 Å². The number of rotatable bonds is 10. The maximum Gasteiger partial charge on any atom is 0.263 e. The highest BCUT2D eigenvalue weighted by Crippen LogP contribution is 2.29. The van der Waals surface area contributed by atoms with Gasteiger partial charge in [0.25, 0.3) is 10.0 Å². The Morgan fingerprint density at radius 1 is 1.06 bits per heavy atom. The first-order valence-electron chi connectivity index (χ1n) is 9.94. The minimum Gasteiger partial charge on any atom is -0.491 e. The SMILES string of the molecule is Cc1c(Cl)cccc1S(=O)(=O)Nc1ncncc1OCc1ccc(Cl)c(OCCN(C)C)c1. The van der Waals surface area contributed by atoms with Gasteiger partial charge >= 0.3 is 0 Å². The third kappa shape index (κ3) is 6.70. The molecule has 0 unspecified atom stereocenters. The van der Waals surface area contributed by atoms with Gasteiger partial charge in [0.1, 0.15) is 25.3 Å². The summed E-state index contributed by atoms with van der Waals surface area (Å²) in [4.78, 5) is 10.0. The van der Waals surface area contributed by atoms with Gasteiger partial charge in [0.05, 0.1) is 16.1 Å². The molecule has 176 valence electrons. The van der Waals surface area contributed by atoms with Crippen LogP contribution in [0.1, 0.15) is 11.1 Å². The van der Waals surface area contributed by atoms with Crippen LogP contribution in [0.4, 0.5) is 5.82 Å². The highest BCUT2D eigenvalue weighted by atomic mass is 35.5. The largest absolute Gasteiger partial charge is 0.491 e. The van der Waals surface area contributed by atoms with Gasteiger partial charge < -0.3 is 14.4 Å². The van der Waals surface area contributed by atoms with E-state index in [4.69, 9.17) is 32.7 Å². The molecule has 1 aromatic heterocycles. The van der Waals surface area contributed by atoms with Gasteiger partial charge in [0, 0.05) is 11.6 Å². The molecule has 8 nitrogen and oxygen atoms in total. The molecule has 1 N–H and O–H groups in total. The van der Waals surface area contributed by atoms with Crippen LogP contribution in [-0.2, 0) is 16.6 Å². The summed E-state index contributed by atoms with van der Waals surface area (Å²) in [6.45, 7) is 2.99. The van der Waals surface area contributed by atoms with E-state index >= 15 is 0 Å². The first-order chi connectivity index (χ1) is 15.7. The number of hydrogen-bond acceptors (Lipinski definition) is 7. The quantitative estimate of drug-likeness (QED) is 0.431. The van der Waals surface area contributed by atoms with Crippen LogP contribution in [0.3, 0.4) is 0 Å². The zero-order valence-corrected chi connectivity index (χ0v) is 20.7. The van der Waals surface area contributed by atoms with Gasteiger partial charge in [0.15, 0.2) is 11.6 Å². The summed E-state index contributed by atoms with van der Waals surface area (Å²) in [5.41, 5.74) is 1.22. The predicted molar refractivity (Wildman–Crippen MR) is 129 cm³/mol. The summed E-state index contributed by atoms with van der Waals surface area (Å²) < 4.78 is 39.8. The number of nitrogens with zero attached hydrogens (tertiary/aromatic N) is 3. The number of halogens is 2. The Morgan fingerprint density at radius 2 is 1.85 bits per heavy atom. The molecule has 0 spiro atoms. The van der Waals surface area contributed by atoms with E-state index < -0.39 is 10.0 Å². The maximum absolute atomic E-state index is 12.9. The van der Waals surface area contributed by atoms with E-state index in [-0.39, 0.29) is 23.1 Å². The van der Waals surface area contributed by atoms with E-state index in [1.165, 1.54) is 18.6 Å². The fourth-order valence-electron chi connectivity index (χ4n) is 2.81. The standard InChI is InChI=1S/C22H24Cl2N4O4S/c1-15-17(23)5-4-6-21(15)33(29,30)27-22-20(12-25-14-26-22)32-13-16-7-8-18(24)19(11-16)31-10-9-28(2)3/h4-8,11-12,14H,9-10,13H2,1-3H3,(H,25,26,27). The Kier molecular flexibility index (Phi) is 8.36. The van der Waals surface area contributed by atoms with Crippen molar-refractivity contribution in [3.63, 3.8) is 0 Å². The number of ether oxygens (including phenoxy) is 2. The van der Waals surface area contributed by atoms with Crippen molar-refractivity contribution in [3.8, 4) is 11.5 Å². The van der Waals surface area contributed by atoms with E-state index in [2.05, 4.69) is 14.7 Å². The molecule has 0 saturated heterocycles. The molecule has 0 amide bonds. The van der Waals surface area contributed by atoms with Gasteiger partial charge in [-0.3, -0.25) is 4.72 Å². The van der Waals surface area contributed by atoms with Crippen molar-refractivity contribution in [2.45, 2.75) is 18.4 Å². The van der Waals surface area contributed by atoms with Crippen molar-refractivity contribution in [1.82, 2.24) is 14.9 Å². The predicted octanol–water partition coefficient (Wildman–Crippen LogP) is 4.41. The van der Waals surface area contributed by atoms with Crippen LogP contribution in [0, 0.1) is 6.92 Å². The van der Waals surface area contributed by atoms with Gasteiger partial charge in [0.2, 0.25) is 0 Å². The van der Waals surface area contributed by atoms with Gasteiger partial charge in [-0.25, -0.2) is 18.4 Å². The number of likely N-dealkylation sites (N-methyl/N-ethyl adjacent to an activating group) is 1. The summed E-state index contributed by atoms with van der Waals surface area (Å²) >= 11 is 12.3. The molecule has 0 fully saturated rings. The van der Waals surface area contributed by atoms with Crippen molar-refractivity contribution in [2.24, 2.45) is 0 Å². The molecule has 33 heavy (non-hydrogen) atoms. The highest BCUT2D eigenvalue weighted by molar-refractivity contribution is 7.92. The van der Waals surface area contributed by atoms with Gasteiger partial charge in [-0.15, -0.1) is 0 Å². The average Bonchev–Trinajstić information content (AvgIpc) is 2.76. The lowest BCUT2D eigenvalue weighted by Crippen LogP contribution is -2.19. The minimum atomic E-state index is -3.95. The zero-order valence-electron chi connectivity index (χ0n) is 18.4. The summed E-state index contributed by atoms with van der Waals surface area (Å²) in [6.07, 6.45) is 2.62. The molecule has 0 bridgehead atoms. The van der Waals surface area contributed by atoms with Crippen molar-refractivity contribution in [3.05, 3.63) is 70.1 Å². The molecule has 0 atom stereocenters. The number of benzene rings is 2. The van der Waals surface area contributed by atoms with Crippen molar-refractivity contribution in [2.75, 3.05) is 32.0 Å². The van der Waals surface area contributed by atoms with E-state index in [1.54, 1.807) is 37.3 Å². The highest BCUT2D eigenvalue weighted by Gasteiger charge is 2.21. The zero-order chi connectivity index (χ0) is 24.0. The fourth-order valence-corrected chi connectivity index (χ4v) is 4.50. The third-order valence-corrected chi connectivity index (χ3v) is 6.81. The second-order valence-corrected chi connectivity index (χ2v) is 9.87. The minimum absolute atomic E-state index is 0.0146. The lowest BCUT2D eigenvalue weighted by Gasteiger charge is -2.15. The van der Waals surface area contributed by atoms with E-state index in [0.29, 0.717) is 28.0 Å². The van der Waals surface area contributed by atoms with Crippen LogP contribution in [0.15, 0.2) is 53.8 Å². The molecule has 2 aromatic carbocycles. The van der Waals surface area contributed by atoms with E-state index in [9.17, 15) is 8.42 Å². The van der Waals surface area contributed by atoms with Crippen LogP contribution in [0.25, 0.3) is 0 Å². The van der Waals surface area contributed by atoms with E-state index in [1.807, 2.05) is 19.0 Å².